The Morgan fingerprint density at radius 3 is 1.62 bits per heavy atom. The number of unbranched alkanes of at least 4 members (excludes halogenated alkanes) is 17. The maximum absolute atomic E-state index is 12.5. The fraction of sp³-hybridized carbons (Fsp3) is 0.949. The summed E-state index contributed by atoms with van der Waals surface area (Å²) in [6.07, 6.45) is 29.5. The second-order valence-electron chi connectivity index (χ2n) is 14.9. The van der Waals surface area contributed by atoms with Gasteiger partial charge in [-0.15, -0.1) is 0 Å². The van der Waals surface area contributed by atoms with E-state index >= 15 is 0 Å². The highest BCUT2D eigenvalue weighted by Gasteiger charge is 2.27. The van der Waals surface area contributed by atoms with Crippen molar-refractivity contribution >= 4 is 12.1 Å². The number of carbonyl (C=O) groups is 2. The van der Waals surface area contributed by atoms with Gasteiger partial charge in [-0.25, -0.2) is 4.79 Å². The second-order valence-corrected chi connectivity index (χ2v) is 14.9. The van der Waals surface area contributed by atoms with Gasteiger partial charge >= 0.3 is 12.1 Å². The highest BCUT2D eigenvalue weighted by Crippen LogP contribution is 2.23. The Balaban J connectivity index is 2.30. The molecule has 0 N–H and O–H groups in total. The number of esters is 1. The van der Waals surface area contributed by atoms with E-state index in [0.29, 0.717) is 18.9 Å². The van der Waals surface area contributed by atoms with E-state index in [9.17, 15) is 9.59 Å². The van der Waals surface area contributed by atoms with E-state index in [1.807, 2.05) is 25.7 Å². The normalized spacial score (nSPS) is 14.3. The first-order chi connectivity index (χ1) is 21.7. The predicted octanol–water partition coefficient (Wildman–Crippen LogP) is 11.1. The molecule has 1 rings (SSSR count). The lowest BCUT2D eigenvalue weighted by Crippen LogP contribution is -2.42. The van der Waals surface area contributed by atoms with E-state index in [4.69, 9.17) is 9.47 Å². The number of likely N-dealkylation sites (tertiary alicyclic amines) is 1. The highest BCUT2D eigenvalue weighted by atomic mass is 16.6. The SMILES string of the molecule is CCCCCCCCCCCCCCN(CCCCCC(=O)OCCCCCCC)CCC1CCN(C(=O)OC(C)(C)C)CC1. The van der Waals surface area contributed by atoms with Crippen LogP contribution in [0.2, 0.25) is 0 Å². The van der Waals surface area contributed by atoms with Crippen LogP contribution in [0, 0.1) is 5.92 Å². The van der Waals surface area contributed by atoms with Gasteiger partial charge in [0.1, 0.15) is 5.60 Å². The summed E-state index contributed by atoms with van der Waals surface area (Å²) in [5.74, 6) is 0.668. The first-order valence-corrected chi connectivity index (χ1v) is 19.6. The van der Waals surface area contributed by atoms with Crippen LogP contribution in [-0.4, -0.2) is 66.8 Å². The minimum absolute atomic E-state index is 0.0171. The zero-order valence-electron chi connectivity index (χ0n) is 30.8. The molecule has 0 spiro atoms. The fourth-order valence-corrected chi connectivity index (χ4v) is 6.35. The Morgan fingerprint density at radius 1 is 0.644 bits per heavy atom. The fourth-order valence-electron chi connectivity index (χ4n) is 6.35. The first kappa shape index (κ1) is 41.7. The summed E-state index contributed by atoms with van der Waals surface area (Å²) < 4.78 is 11.0. The summed E-state index contributed by atoms with van der Waals surface area (Å²) in [5.41, 5.74) is -0.434. The number of rotatable bonds is 28. The standard InChI is InChI=1S/C39H76N2O4/c1-6-8-10-12-13-14-15-16-17-18-19-23-30-40(31-24-21-22-26-37(42)44-35-25-20-11-9-7-2)32-27-36-28-33-41(34-29-36)38(43)45-39(3,4)5/h36H,6-35H2,1-5H3. The van der Waals surface area contributed by atoms with Gasteiger partial charge in [-0.1, -0.05) is 117 Å². The molecule has 0 bridgehead atoms. The van der Waals surface area contributed by atoms with Crippen LogP contribution in [0.1, 0.15) is 189 Å². The molecule has 1 fully saturated rings. The molecular weight excluding hydrogens is 560 g/mol. The molecule has 0 aliphatic carbocycles. The van der Waals surface area contributed by atoms with Crippen LogP contribution in [-0.2, 0) is 14.3 Å². The number of hydrogen-bond acceptors (Lipinski definition) is 5. The van der Waals surface area contributed by atoms with E-state index < -0.39 is 5.60 Å². The van der Waals surface area contributed by atoms with Crippen molar-refractivity contribution in [2.45, 2.75) is 194 Å². The molecule has 1 amide bonds. The molecule has 6 heteroatoms. The summed E-state index contributed by atoms with van der Waals surface area (Å²) in [5, 5.41) is 0. The van der Waals surface area contributed by atoms with Crippen molar-refractivity contribution in [2.75, 3.05) is 39.3 Å². The molecule has 6 nitrogen and oxygen atoms in total. The van der Waals surface area contributed by atoms with Crippen LogP contribution in [0.15, 0.2) is 0 Å². The molecule has 1 saturated heterocycles. The third kappa shape index (κ3) is 25.5. The Hall–Kier alpha value is -1.30. The summed E-state index contributed by atoms with van der Waals surface area (Å²) >= 11 is 0. The van der Waals surface area contributed by atoms with Crippen molar-refractivity contribution in [1.29, 1.82) is 0 Å². The minimum atomic E-state index is -0.434. The van der Waals surface area contributed by atoms with Crippen LogP contribution >= 0.6 is 0 Å². The molecule has 45 heavy (non-hydrogen) atoms. The van der Waals surface area contributed by atoms with Gasteiger partial charge in [0, 0.05) is 19.5 Å². The van der Waals surface area contributed by atoms with E-state index in [1.54, 1.807) is 0 Å². The zero-order valence-corrected chi connectivity index (χ0v) is 30.8. The topological polar surface area (TPSA) is 59.1 Å². The Kier molecular flexibility index (Phi) is 25.8. The lowest BCUT2D eigenvalue weighted by atomic mass is 9.93. The van der Waals surface area contributed by atoms with Gasteiger partial charge in [0.2, 0.25) is 0 Å². The van der Waals surface area contributed by atoms with Crippen LogP contribution in [0.3, 0.4) is 0 Å². The van der Waals surface area contributed by atoms with Crippen molar-refractivity contribution in [3.63, 3.8) is 0 Å². The summed E-state index contributed by atoms with van der Waals surface area (Å²) in [6.45, 7) is 16.0. The Bertz CT molecular complexity index is 700. The molecule has 0 radical (unpaired) electrons. The number of amides is 1. The maximum atomic E-state index is 12.5. The second kappa shape index (κ2) is 27.8. The van der Waals surface area contributed by atoms with E-state index in [0.717, 1.165) is 64.7 Å². The molecule has 0 atom stereocenters. The summed E-state index contributed by atoms with van der Waals surface area (Å²) in [6, 6.07) is 0. The molecule has 0 saturated carbocycles. The highest BCUT2D eigenvalue weighted by molar-refractivity contribution is 5.69. The Labute approximate surface area is 280 Å². The van der Waals surface area contributed by atoms with Crippen LogP contribution in [0.25, 0.3) is 0 Å². The summed E-state index contributed by atoms with van der Waals surface area (Å²) in [4.78, 5) is 29.2. The molecule has 266 valence electrons. The Morgan fingerprint density at radius 2 is 1.11 bits per heavy atom. The number of carbonyl (C=O) groups excluding carboxylic acids is 2. The van der Waals surface area contributed by atoms with Gasteiger partial charge in [-0.05, 0) is 91.3 Å². The average Bonchev–Trinajstić information content (AvgIpc) is 3.00. The summed E-state index contributed by atoms with van der Waals surface area (Å²) in [7, 11) is 0. The molecule has 0 aromatic rings. The first-order valence-electron chi connectivity index (χ1n) is 19.6. The van der Waals surface area contributed by atoms with Gasteiger partial charge in [0.25, 0.3) is 0 Å². The predicted molar refractivity (Wildman–Crippen MR) is 191 cm³/mol. The van der Waals surface area contributed by atoms with Crippen molar-refractivity contribution < 1.29 is 19.1 Å². The zero-order chi connectivity index (χ0) is 33.0. The lowest BCUT2D eigenvalue weighted by Gasteiger charge is -2.34. The number of piperidine rings is 1. The number of ether oxygens (including phenoxy) is 2. The molecule has 1 heterocycles. The van der Waals surface area contributed by atoms with Crippen molar-refractivity contribution in [1.82, 2.24) is 9.80 Å². The van der Waals surface area contributed by atoms with Crippen molar-refractivity contribution in [2.24, 2.45) is 5.92 Å². The maximum Gasteiger partial charge on any atom is 0.410 e. The third-order valence-electron chi connectivity index (χ3n) is 9.31. The van der Waals surface area contributed by atoms with Crippen LogP contribution in [0.4, 0.5) is 4.79 Å². The molecular formula is C39H76N2O4. The number of nitrogens with zero attached hydrogens (tertiary/aromatic N) is 2. The molecule has 1 aliphatic rings. The van der Waals surface area contributed by atoms with Crippen molar-refractivity contribution in [3.05, 3.63) is 0 Å². The van der Waals surface area contributed by atoms with Gasteiger partial charge < -0.3 is 19.3 Å². The van der Waals surface area contributed by atoms with Crippen LogP contribution in [0.5, 0.6) is 0 Å². The molecule has 0 aromatic heterocycles. The quantitative estimate of drug-likeness (QED) is 0.0631. The van der Waals surface area contributed by atoms with E-state index in [1.165, 1.54) is 116 Å². The average molecular weight is 637 g/mol. The molecule has 0 aromatic carbocycles. The number of hydrogen-bond donors (Lipinski definition) is 0. The smallest absolute Gasteiger partial charge is 0.410 e. The van der Waals surface area contributed by atoms with Crippen molar-refractivity contribution in [3.8, 4) is 0 Å². The van der Waals surface area contributed by atoms with Gasteiger partial charge in [0.15, 0.2) is 0 Å². The lowest BCUT2D eigenvalue weighted by molar-refractivity contribution is -0.143. The largest absolute Gasteiger partial charge is 0.466 e. The third-order valence-corrected chi connectivity index (χ3v) is 9.31. The van der Waals surface area contributed by atoms with Crippen LogP contribution < -0.4 is 0 Å². The molecule has 0 unspecified atom stereocenters. The van der Waals surface area contributed by atoms with Gasteiger partial charge in [-0.3, -0.25) is 4.79 Å². The van der Waals surface area contributed by atoms with Gasteiger partial charge in [-0.2, -0.15) is 0 Å². The van der Waals surface area contributed by atoms with Gasteiger partial charge in [0.05, 0.1) is 6.61 Å². The molecule has 1 aliphatic heterocycles. The van der Waals surface area contributed by atoms with E-state index in [2.05, 4.69) is 18.7 Å². The monoisotopic (exact) mass is 637 g/mol. The minimum Gasteiger partial charge on any atom is -0.466 e. The van der Waals surface area contributed by atoms with E-state index in [-0.39, 0.29) is 12.1 Å².